The molecule has 0 fully saturated rings. The first-order chi connectivity index (χ1) is 6.61. The Kier molecular flexibility index (Phi) is 3.19. The summed E-state index contributed by atoms with van der Waals surface area (Å²) >= 11 is 0. The summed E-state index contributed by atoms with van der Waals surface area (Å²) < 4.78 is 37.6. The van der Waals surface area contributed by atoms with Gasteiger partial charge in [-0.2, -0.15) is 0 Å². The number of halogens is 3. The summed E-state index contributed by atoms with van der Waals surface area (Å²) in [5, 5.41) is 0. The minimum absolute atomic E-state index is 0.241. The van der Waals surface area contributed by atoms with Crippen LogP contribution in [-0.4, -0.2) is 11.3 Å². The van der Waals surface area contributed by atoms with E-state index in [1.54, 1.807) is 0 Å². The molecule has 0 saturated carbocycles. The highest BCUT2D eigenvalue weighted by Gasteiger charge is 2.19. The number of nitrogens with zero attached hydrogens (tertiary/aromatic N) is 1. The van der Waals surface area contributed by atoms with Crippen LogP contribution in [0.15, 0.2) is 6.20 Å². The highest BCUT2D eigenvalue weighted by molar-refractivity contribution is 5.74. The van der Waals surface area contributed by atoms with Crippen LogP contribution >= 0.6 is 0 Å². The number of nitrogens with two attached hydrogens (primary N) is 1. The molecule has 0 bridgehead atoms. The van der Waals surface area contributed by atoms with Crippen LogP contribution in [0.1, 0.15) is 28.0 Å². The second-order valence-corrected chi connectivity index (χ2v) is 2.51. The van der Waals surface area contributed by atoms with Crippen LogP contribution in [0.3, 0.4) is 0 Å². The number of carbonyl (C=O) groups excluding carboxylic acids is 1. The maximum absolute atomic E-state index is 13.2. The third-order valence-corrected chi connectivity index (χ3v) is 1.72. The van der Waals surface area contributed by atoms with E-state index in [9.17, 15) is 18.0 Å². The lowest BCUT2D eigenvalue weighted by Gasteiger charge is -2.07. The molecule has 6 heteroatoms. The monoisotopic (exact) mass is 204 g/mol. The quantitative estimate of drug-likeness (QED) is 0.757. The van der Waals surface area contributed by atoms with Gasteiger partial charge in [-0.1, -0.05) is 0 Å². The fourth-order valence-corrected chi connectivity index (χ4v) is 1.01. The van der Waals surface area contributed by atoms with Crippen molar-refractivity contribution in [3.63, 3.8) is 0 Å². The van der Waals surface area contributed by atoms with Crippen molar-refractivity contribution in [3.05, 3.63) is 28.8 Å². The van der Waals surface area contributed by atoms with Crippen molar-refractivity contribution in [3.8, 4) is 0 Å². The Morgan fingerprint density at radius 1 is 1.57 bits per heavy atom. The topological polar surface area (TPSA) is 56.0 Å². The first kappa shape index (κ1) is 10.6. The first-order valence-electron chi connectivity index (χ1n) is 3.72. The summed E-state index contributed by atoms with van der Waals surface area (Å²) in [6.07, 6.45) is -2.04. The number of carbonyl (C=O) groups is 1. The maximum Gasteiger partial charge on any atom is 0.268 e. The van der Waals surface area contributed by atoms with Gasteiger partial charge in [0.15, 0.2) is 6.29 Å². The molecule has 0 unspecified atom stereocenters. The molecule has 0 atom stereocenters. The van der Waals surface area contributed by atoms with Gasteiger partial charge in [-0.05, 0) is 0 Å². The Morgan fingerprint density at radius 3 is 2.64 bits per heavy atom. The molecule has 0 spiro atoms. The lowest BCUT2D eigenvalue weighted by atomic mass is 10.1. The summed E-state index contributed by atoms with van der Waals surface area (Å²) in [5.74, 6) is -1.15. The summed E-state index contributed by atoms with van der Waals surface area (Å²) in [7, 11) is 0. The molecule has 0 radical (unpaired) electrons. The molecule has 14 heavy (non-hydrogen) atoms. The molecule has 0 saturated heterocycles. The second-order valence-electron chi connectivity index (χ2n) is 2.51. The molecule has 76 valence electrons. The molecule has 1 rings (SSSR count). The Balaban J connectivity index is 3.34. The minimum Gasteiger partial charge on any atom is -0.326 e. The molecule has 0 aromatic carbocycles. The van der Waals surface area contributed by atoms with E-state index < -0.39 is 17.8 Å². The third kappa shape index (κ3) is 1.74. The summed E-state index contributed by atoms with van der Waals surface area (Å²) in [6, 6.07) is 0. The minimum atomic E-state index is -2.96. The Hall–Kier alpha value is -1.43. The maximum atomic E-state index is 13.2. The fraction of sp³-hybridized carbons (Fsp3) is 0.250. The normalized spacial score (nSPS) is 10.6. The second kappa shape index (κ2) is 4.19. The van der Waals surface area contributed by atoms with Crippen LogP contribution in [0.25, 0.3) is 0 Å². The highest BCUT2D eigenvalue weighted by atomic mass is 19.3. The molecule has 1 aromatic heterocycles. The Labute approximate surface area is 77.7 Å². The lowest BCUT2D eigenvalue weighted by Crippen LogP contribution is -2.09. The number of alkyl halides is 2. The van der Waals surface area contributed by atoms with Crippen LogP contribution in [0.4, 0.5) is 13.2 Å². The Bertz CT molecular complexity index is 355. The molecule has 1 aromatic rings. The molecule has 0 amide bonds. The zero-order valence-corrected chi connectivity index (χ0v) is 7.01. The van der Waals surface area contributed by atoms with E-state index in [4.69, 9.17) is 5.73 Å². The first-order valence-corrected chi connectivity index (χ1v) is 3.72. The average molecular weight is 204 g/mol. The van der Waals surface area contributed by atoms with Crippen LogP contribution in [0.5, 0.6) is 0 Å². The van der Waals surface area contributed by atoms with Crippen LogP contribution in [0, 0.1) is 5.82 Å². The smallest absolute Gasteiger partial charge is 0.268 e. The zero-order valence-electron chi connectivity index (χ0n) is 7.01. The zero-order chi connectivity index (χ0) is 10.7. The van der Waals surface area contributed by atoms with Crippen molar-refractivity contribution in [1.29, 1.82) is 0 Å². The largest absolute Gasteiger partial charge is 0.326 e. The van der Waals surface area contributed by atoms with Crippen molar-refractivity contribution in [2.45, 2.75) is 13.0 Å². The Morgan fingerprint density at radius 2 is 2.21 bits per heavy atom. The molecule has 3 nitrogen and oxygen atoms in total. The van der Waals surface area contributed by atoms with E-state index in [0.717, 1.165) is 0 Å². The van der Waals surface area contributed by atoms with Crippen molar-refractivity contribution in [2.75, 3.05) is 0 Å². The standard InChI is InChI=1S/C8H7F3N2O/c9-7-4(1-12)6(3-14)13-2-5(7)8(10)11/h2-3,8H,1,12H2. The number of aldehydes is 1. The van der Waals surface area contributed by atoms with Gasteiger partial charge in [0.25, 0.3) is 6.43 Å². The SMILES string of the molecule is NCc1c(C=O)ncc(C(F)F)c1F. The predicted octanol–water partition coefficient (Wildman–Crippen LogP) is 1.43. The molecule has 0 aliphatic carbocycles. The van der Waals surface area contributed by atoms with Crippen molar-refractivity contribution in [1.82, 2.24) is 4.98 Å². The van der Waals surface area contributed by atoms with Gasteiger partial charge in [-0.25, -0.2) is 13.2 Å². The van der Waals surface area contributed by atoms with E-state index >= 15 is 0 Å². The van der Waals surface area contributed by atoms with Crippen molar-refractivity contribution in [2.24, 2.45) is 5.73 Å². The number of rotatable bonds is 3. The van der Waals surface area contributed by atoms with Gasteiger partial charge >= 0.3 is 0 Å². The van der Waals surface area contributed by atoms with Crippen LogP contribution in [0.2, 0.25) is 0 Å². The molecule has 2 N–H and O–H groups in total. The molecule has 1 heterocycles. The number of hydrogen-bond donors (Lipinski definition) is 1. The van der Waals surface area contributed by atoms with Gasteiger partial charge in [-0.15, -0.1) is 0 Å². The van der Waals surface area contributed by atoms with E-state index in [0.29, 0.717) is 6.20 Å². The van der Waals surface area contributed by atoms with Gasteiger partial charge in [0.1, 0.15) is 11.5 Å². The van der Waals surface area contributed by atoms with Gasteiger partial charge < -0.3 is 5.73 Å². The van der Waals surface area contributed by atoms with Gasteiger partial charge in [-0.3, -0.25) is 9.78 Å². The third-order valence-electron chi connectivity index (χ3n) is 1.72. The van der Waals surface area contributed by atoms with Crippen molar-refractivity contribution >= 4 is 6.29 Å². The fourth-order valence-electron chi connectivity index (χ4n) is 1.01. The van der Waals surface area contributed by atoms with Gasteiger partial charge in [0.05, 0.1) is 5.56 Å². The van der Waals surface area contributed by atoms with Crippen LogP contribution in [-0.2, 0) is 6.54 Å². The van der Waals surface area contributed by atoms with Crippen molar-refractivity contribution < 1.29 is 18.0 Å². The number of hydrogen-bond acceptors (Lipinski definition) is 3. The molecule has 0 aliphatic rings. The van der Waals surface area contributed by atoms with Gasteiger partial charge in [0, 0.05) is 18.3 Å². The summed E-state index contributed by atoms with van der Waals surface area (Å²) in [4.78, 5) is 13.7. The number of aromatic nitrogens is 1. The molecular weight excluding hydrogens is 197 g/mol. The molecule has 0 aliphatic heterocycles. The van der Waals surface area contributed by atoms with E-state index in [-0.39, 0.29) is 24.1 Å². The number of pyridine rings is 1. The summed E-state index contributed by atoms with van der Waals surface area (Å²) in [6.45, 7) is -0.340. The van der Waals surface area contributed by atoms with Gasteiger partial charge in [0.2, 0.25) is 0 Å². The predicted molar refractivity (Wildman–Crippen MR) is 42.4 cm³/mol. The van der Waals surface area contributed by atoms with E-state index in [1.165, 1.54) is 0 Å². The lowest BCUT2D eigenvalue weighted by molar-refractivity contribution is 0.111. The van der Waals surface area contributed by atoms with E-state index in [2.05, 4.69) is 4.98 Å². The average Bonchev–Trinajstić information content (AvgIpc) is 2.16. The van der Waals surface area contributed by atoms with Crippen LogP contribution < -0.4 is 5.73 Å². The molecular formula is C8H7F3N2O. The summed E-state index contributed by atoms with van der Waals surface area (Å²) in [5.41, 5.74) is 3.75. The van der Waals surface area contributed by atoms with E-state index in [1.807, 2.05) is 0 Å². The highest BCUT2D eigenvalue weighted by Crippen LogP contribution is 2.24.